The Kier molecular flexibility index (Phi) is 3.18. The molecule has 0 aliphatic carbocycles. The number of aryl methyl sites for hydroxylation is 3. The molecule has 6 heteroatoms. The molecule has 3 heterocycles. The number of hydrogen-bond donors (Lipinski definition) is 0. The van der Waals surface area contributed by atoms with Gasteiger partial charge in [0, 0.05) is 0 Å². The summed E-state index contributed by atoms with van der Waals surface area (Å²) in [7, 11) is 0. The molecular weight excluding hydrogens is 292 g/mol. The minimum Gasteiger partial charge on any atom is -0.487 e. The van der Waals surface area contributed by atoms with E-state index in [2.05, 4.69) is 39.1 Å². The molecule has 0 spiro atoms. The Morgan fingerprint density at radius 3 is 2.78 bits per heavy atom. The molecule has 1 fully saturated rings. The fraction of sp³-hybridized carbons (Fsp3) is 0.353. The van der Waals surface area contributed by atoms with Gasteiger partial charge in [-0.3, -0.25) is 0 Å². The Morgan fingerprint density at radius 2 is 2.00 bits per heavy atom. The van der Waals surface area contributed by atoms with Crippen molar-refractivity contribution in [2.24, 2.45) is 0 Å². The van der Waals surface area contributed by atoms with E-state index in [-0.39, 0.29) is 6.10 Å². The first-order chi connectivity index (χ1) is 11.1. The molecule has 1 saturated heterocycles. The number of ether oxygens (including phenoxy) is 1. The second-order valence-electron chi connectivity index (χ2n) is 6.00. The monoisotopic (exact) mass is 310 g/mol. The summed E-state index contributed by atoms with van der Waals surface area (Å²) in [6.45, 7) is 7.43. The molecule has 1 aliphatic heterocycles. The minimum atomic E-state index is 0.169. The van der Waals surface area contributed by atoms with Gasteiger partial charge in [-0.2, -0.15) is 4.98 Å². The van der Waals surface area contributed by atoms with Gasteiger partial charge < -0.3 is 14.2 Å². The zero-order valence-electron chi connectivity index (χ0n) is 13.4. The topological polar surface area (TPSA) is 64.3 Å². The number of hydrogen-bond acceptors (Lipinski definition) is 6. The van der Waals surface area contributed by atoms with Crippen molar-refractivity contribution < 1.29 is 9.26 Å². The highest BCUT2D eigenvalue weighted by molar-refractivity contribution is 5.88. The quantitative estimate of drug-likeness (QED) is 0.741. The fourth-order valence-corrected chi connectivity index (χ4v) is 2.87. The maximum Gasteiger partial charge on any atom is 0.263 e. The first-order valence-corrected chi connectivity index (χ1v) is 7.69. The number of aromatic nitrogens is 3. The maximum atomic E-state index is 6.01. The molecule has 118 valence electrons. The van der Waals surface area contributed by atoms with Crippen molar-refractivity contribution in [1.29, 1.82) is 0 Å². The lowest BCUT2D eigenvalue weighted by Crippen LogP contribution is -2.54. The largest absolute Gasteiger partial charge is 0.487 e. The minimum absolute atomic E-state index is 0.169. The van der Waals surface area contributed by atoms with Crippen LogP contribution in [0.1, 0.15) is 17.1 Å². The molecule has 23 heavy (non-hydrogen) atoms. The lowest BCUT2D eigenvalue weighted by molar-refractivity contribution is 0.167. The SMILES string of the molecule is Cc1cccc(OC2CN(c3nc(C)nc4onc(C)c34)C2)c1. The zero-order valence-corrected chi connectivity index (χ0v) is 13.4. The first-order valence-electron chi connectivity index (χ1n) is 7.69. The average Bonchev–Trinajstić information content (AvgIpc) is 2.83. The summed E-state index contributed by atoms with van der Waals surface area (Å²) in [4.78, 5) is 11.0. The number of nitrogens with zero attached hydrogens (tertiary/aromatic N) is 4. The summed E-state index contributed by atoms with van der Waals surface area (Å²) in [5.41, 5.74) is 2.57. The summed E-state index contributed by atoms with van der Waals surface area (Å²) < 4.78 is 11.3. The summed E-state index contributed by atoms with van der Waals surface area (Å²) >= 11 is 0. The normalized spacial score (nSPS) is 15.0. The first kappa shape index (κ1) is 14.0. The van der Waals surface area contributed by atoms with Gasteiger partial charge in [0.1, 0.15) is 28.9 Å². The van der Waals surface area contributed by atoms with E-state index in [9.17, 15) is 0 Å². The van der Waals surface area contributed by atoms with Crippen LogP contribution in [-0.2, 0) is 0 Å². The fourth-order valence-electron chi connectivity index (χ4n) is 2.87. The summed E-state index contributed by atoms with van der Waals surface area (Å²) in [6, 6.07) is 8.13. The van der Waals surface area contributed by atoms with E-state index in [4.69, 9.17) is 9.26 Å². The molecule has 0 bridgehead atoms. The second-order valence-corrected chi connectivity index (χ2v) is 6.00. The third-order valence-electron chi connectivity index (χ3n) is 4.04. The van der Waals surface area contributed by atoms with Gasteiger partial charge in [0.05, 0.1) is 18.8 Å². The van der Waals surface area contributed by atoms with Crippen molar-refractivity contribution in [3.8, 4) is 5.75 Å². The van der Waals surface area contributed by atoms with E-state index < -0.39 is 0 Å². The molecule has 1 aromatic carbocycles. The Balaban J connectivity index is 1.53. The van der Waals surface area contributed by atoms with Crippen LogP contribution in [0.3, 0.4) is 0 Å². The van der Waals surface area contributed by atoms with Gasteiger partial charge in [0.15, 0.2) is 0 Å². The van der Waals surface area contributed by atoms with Crippen LogP contribution in [-0.4, -0.2) is 34.3 Å². The van der Waals surface area contributed by atoms with E-state index >= 15 is 0 Å². The number of rotatable bonds is 3. The van der Waals surface area contributed by atoms with Crippen LogP contribution in [0.2, 0.25) is 0 Å². The van der Waals surface area contributed by atoms with Crippen LogP contribution in [0, 0.1) is 20.8 Å². The molecule has 3 aromatic rings. The van der Waals surface area contributed by atoms with Gasteiger partial charge in [-0.25, -0.2) is 4.98 Å². The average molecular weight is 310 g/mol. The number of fused-ring (bicyclic) bond motifs is 1. The van der Waals surface area contributed by atoms with Crippen LogP contribution < -0.4 is 9.64 Å². The molecule has 2 aromatic heterocycles. The lowest BCUT2D eigenvalue weighted by atomic mass is 10.1. The molecule has 0 N–H and O–H groups in total. The Hall–Kier alpha value is -2.63. The van der Waals surface area contributed by atoms with Gasteiger partial charge in [-0.1, -0.05) is 17.3 Å². The lowest BCUT2D eigenvalue weighted by Gasteiger charge is -2.40. The summed E-state index contributed by atoms with van der Waals surface area (Å²) in [6.07, 6.45) is 0.169. The van der Waals surface area contributed by atoms with E-state index in [1.54, 1.807) is 0 Å². The molecule has 0 atom stereocenters. The highest BCUT2D eigenvalue weighted by Crippen LogP contribution is 2.31. The molecule has 1 aliphatic rings. The third-order valence-corrected chi connectivity index (χ3v) is 4.04. The van der Waals surface area contributed by atoms with Crippen molar-refractivity contribution >= 4 is 16.9 Å². The van der Waals surface area contributed by atoms with Crippen LogP contribution >= 0.6 is 0 Å². The van der Waals surface area contributed by atoms with E-state index in [0.29, 0.717) is 11.5 Å². The van der Waals surface area contributed by atoms with E-state index in [0.717, 1.165) is 35.7 Å². The molecule has 0 amide bonds. The molecule has 0 radical (unpaired) electrons. The molecule has 4 rings (SSSR count). The number of anilines is 1. The Bertz CT molecular complexity index is 868. The van der Waals surface area contributed by atoms with Crippen LogP contribution in [0.15, 0.2) is 28.8 Å². The van der Waals surface area contributed by atoms with Crippen LogP contribution in [0.5, 0.6) is 5.75 Å². The predicted molar refractivity (Wildman–Crippen MR) is 86.9 cm³/mol. The summed E-state index contributed by atoms with van der Waals surface area (Å²) in [5, 5.41) is 4.89. The van der Waals surface area contributed by atoms with Gasteiger partial charge in [0.25, 0.3) is 5.71 Å². The van der Waals surface area contributed by atoms with Crippen molar-refractivity contribution in [2.75, 3.05) is 18.0 Å². The second kappa shape index (κ2) is 5.22. The predicted octanol–water partition coefficient (Wildman–Crippen LogP) is 2.81. The molecule has 6 nitrogen and oxygen atoms in total. The smallest absolute Gasteiger partial charge is 0.263 e. The Labute approximate surface area is 134 Å². The molecule has 0 saturated carbocycles. The Morgan fingerprint density at radius 1 is 1.17 bits per heavy atom. The standard InChI is InChI=1S/C17H18N4O2/c1-10-5-4-6-13(7-10)22-14-8-21(9-14)16-15-11(2)20-23-17(15)19-12(3)18-16/h4-7,14H,8-9H2,1-3H3. The van der Waals surface area contributed by atoms with Crippen LogP contribution in [0.4, 0.5) is 5.82 Å². The molecular formula is C17H18N4O2. The van der Waals surface area contributed by atoms with Gasteiger partial charge >= 0.3 is 0 Å². The van der Waals surface area contributed by atoms with Gasteiger partial charge in [0.2, 0.25) is 0 Å². The van der Waals surface area contributed by atoms with Crippen molar-refractivity contribution in [3.63, 3.8) is 0 Å². The van der Waals surface area contributed by atoms with Crippen molar-refractivity contribution in [3.05, 3.63) is 41.3 Å². The van der Waals surface area contributed by atoms with Crippen molar-refractivity contribution in [2.45, 2.75) is 26.9 Å². The van der Waals surface area contributed by atoms with Crippen LogP contribution in [0.25, 0.3) is 11.1 Å². The van der Waals surface area contributed by atoms with E-state index in [1.165, 1.54) is 5.56 Å². The van der Waals surface area contributed by atoms with Crippen molar-refractivity contribution in [1.82, 2.24) is 15.1 Å². The third kappa shape index (κ3) is 2.50. The van der Waals surface area contributed by atoms with Gasteiger partial charge in [-0.15, -0.1) is 0 Å². The number of benzene rings is 1. The van der Waals surface area contributed by atoms with Gasteiger partial charge in [-0.05, 0) is 38.5 Å². The van der Waals surface area contributed by atoms with E-state index in [1.807, 2.05) is 26.0 Å². The molecule has 0 unspecified atom stereocenters. The highest BCUT2D eigenvalue weighted by Gasteiger charge is 2.32. The highest BCUT2D eigenvalue weighted by atomic mass is 16.5. The summed E-state index contributed by atoms with van der Waals surface area (Å²) in [5.74, 6) is 2.49. The zero-order chi connectivity index (χ0) is 16.0. The maximum absolute atomic E-state index is 6.01.